The first kappa shape index (κ1) is 17.0. The summed E-state index contributed by atoms with van der Waals surface area (Å²) in [6.45, 7) is 0. The Morgan fingerprint density at radius 3 is 1.50 bits per heavy atom. The first-order valence-electron chi connectivity index (χ1n) is 0.236. The molecule has 21 valence electrons. The summed E-state index contributed by atoms with van der Waals surface area (Å²) >= 11 is 1.17. The number of hydrogen-bond acceptors (Lipinski definition) is 1. The van der Waals surface area contributed by atoms with Gasteiger partial charge >= 0.3 is 68.9 Å². The van der Waals surface area contributed by atoms with Crippen LogP contribution in [0.15, 0.2) is 0 Å². The number of rotatable bonds is 0. The molecule has 4 heavy (non-hydrogen) atoms. The van der Waals surface area contributed by atoms with Crippen LogP contribution in [0.2, 0.25) is 0 Å². The molecule has 0 amide bonds. The zero-order valence-corrected chi connectivity index (χ0v) is 7.70. The molecule has 0 aromatic rings. The van der Waals surface area contributed by atoms with E-state index in [2.05, 4.69) is 0 Å². The quantitative estimate of drug-likeness (QED) is 0.484. The molecule has 0 fully saturated rings. The molecule has 0 aliphatic rings. The summed E-state index contributed by atoms with van der Waals surface area (Å²) in [6.07, 6.45) is 0. The second kappa shape index (κ2) is 21.1. The second-order valence-electron chi connectivity index (χ2n) is 0. The molecule has 0 atom stereocenters. The summed E-state index contributed by atoms with van der Waals surface area (Å²) in [7, 11) is 0. The van der Waals surface area contributed by atoms with Gasteiger partial charge in [-0.2, -0.15) is 0 Å². The van der Waals surface area contributed by atoms with Crippen molar-refractivity contribution < 1.29 is 11.4 Å². The van der Waals surface area contributed by atoms with Gasteiger partial charge in [0.05, 0.1) is 0 Å². The van der Waals surface area contributed by atoms with Crippen LogP contribution in [0.5, 0.6) is 0 Å². The van der Waals surface area contributed by atoms with Crippen LogP contribution in [0.1, 0.15) is 2.85 Å². The standard InChI is InChI=1S/Al.Ba.FH.O.2H/h;;1H;;;/q;+2;;;2*-1. The molecule has 0 aromatic carbocycles. The molecule has 0 rings (SSSR count). The van der Waals surface area contributed by atoms with Gasteiger partial charge in [-0.15, -0.1) is 0 Å². The Morgan fingerprint density at radius 2 is 1.50 bits per heavy atom. The van der Waals surface area contributed by atoms with E-state index in [-0.39, 0.29) is 56.4 Å². The summed E-state index contributed by atoms with van der Waals surface area (Å²) in [4.78, 5) is 0. The molecule has 1 radical (unpaired) electrons. The normalized spacial score (nSPS) is 0.750. The maximum absolute atomic E-state index is 8.17. The van der Waals surface area contributed by atoms with E-state index in [0.717, 1.165) is 0 Å². The van der Waals surface area contributed by atoms with Crippen molar-refractivity contribution in [3.05, 3.63) is 0 Å². The van der Waals surface area contributed by atoms with Crippen LogP contribution in [0.25, 0.3) is 0 Å². The molecule has 0 aliphatic carbocycles. The van der Waals surface area contributed by atoms with Crippen LogP contribution in [0, 0.1) is 0 Å². The van der Waals surface area contributed by atoms with Gasteiger partial charge in [-0.3, -0.25) is 4.70 Å². The van der Waals surface area contributed by atoms with Gasteiger partial charge in [-0.25, -0.2) is 0 Å². The van der Waals surface area contributed by atoms with Crippen LogP contribution < -0.4 is 0 Å². The van der Waals surface area contributed by atoms with E-state index >= 15 is 0 Å². The minimum atomic E-state index is 0. The summed E-state index contributed by atoms with van der Waals surface area (Å²) in [5.41, 5.74) is 0. The fourth-order valence-corrected chi connectivity index (χ4v) is 0. The second-order valence-corrected chi connectivity index (χ2v) is 0. The molecule has 4 heteroatoms. The molecule has 0 unspecified atom stereocenters. The minimum absolute atomic E-state index is 0. The van der Waals surface area contributed by atoms with Crippen molar-refractivity contribution in [2.75, 3.05) is 0 Å². The monoisotopic (exact) mass is 203 g/mol. The van der Waals surface area contributed by atoms with Gasteiger partial charge in [0, 0.05) is 0 Å². The SMILES string of the molecule is F.[Ba+2].[H-].[H-].[O]=[Al]. The van der Waals surface area contributed by atoms with Crippen molar-refractivity contribution in [2.24, 2.45) is 0 Å². The third-order valence-electron chi connectivity index (χ3n) is 0. The van der Waals surface area contributed by atoms with Crippen LogP contribution in [0.3, 0.4) is 0 Å². The van der Waals surface area contributed by atoms with E-state index in [1.54, 1.807) is 0 Å². The summed E-state index contributed by atoms with van der Waals surface area (Å²) in [5.74, 6) is 0. The van der Waals surface area contributed by atoms with Gasteiger partial charge in [0.1, 0.15) is 0 Å². The van der Waals surface area contributed by atoms with Crippen molar-refractivity contribution in [2.45, 2.75) is 0 Å². The molecule has 0 spiro atoms. The fourth-order valence-electron chi connectivity index (χ4n) is 0. The number of halogens is 1. The van der Waals surface area contributed by atoms with Gasteiger partial charge < -0.3 is 2.85 Å². The third-order valence-corrected chi connectivity index (χ3v) is 0. The first-order chi connectivity index (χ1) is 1.00. The van der Waals surface area contributed by atoms with E-state index < -0.39 is 0 Å². The third kappa shape index (κ3) is 9.16. The molecule has 0 saturated heterocycles. The molecule has 0 saturated carbocycles. The molecule has 0 N–H and O–H groups in total. The average molecular weight is 202 g/mol. The van der Waals surface area contributed by atoms with Gasteiger partial charge in [0.2, 0.25) is 0 Å². The Labute approximate surface area is 75.2 Å². The zero-order valence-electron chi connectivity index (χ0n) is 4.10. The molecular weight excluding hydrogens is 199 g/mol. The Balaban J connectivity index is -0.000000000833. The Bertz CT molecular complexity index is 13.5. The van der Waals surface area contributed by atoms with Crippen molar-refractivity contribution in [1.82, 2.24) is 0 Å². The maximum atomic E-state index is 8.17. The first-order valence-corrected chi connectivity index (χ1v) is 0.707. The molecule has 0 heterocycles. The van der Waals surface area contributed by atoms with E-state index in [4.69, 9.17) is 3.80 Å². The van der Waals surface area contributed by atoms with Gasteiger partial charge in [-0.1, -0.05) is 0 Å². The van der Waals surface area contributed by atoms with E-state index in [0.29, 0.717) is 0 Å². The van der Waals surface area contributed by atoms with Crippen LogP contribution in [0.4, 0.5) is 4.70 Å². The van der Waals surface area contributed by atoms with Gasteiger partial charge in [0.15, 0.2) is 0 Å². The van der Waals surface area contributed by atoms with Crippen LogP contribution in [-0.2, 0) is 3.80 Å². The molecule has 0 aromatic heterocycles. The van der Waals surface area contributed by atoms with E-state index in [1.165, 1.54) is 16.2 Å². The zero-order chi connectivity index (χ0) is 2.00. The fraction of sp³-hybridized carbons (Fsp3) is 0. The predicted octanol–water partition coefficient (Wildman–Crippen LogP) is -0.503. The van der Waals surface area contributed by atoms with E-state index in [1.807, 2.05) is 0 Å². The van der Waals surface area contributed by atoms with E-state index in [9.17, 15) is 0 Å². The molecule has 1 nitrogen and oxygen atoms in total. The Kier molecular flexibility index (Phi) is 89.7. The summed E-state index contributed by atoms with van der Waals surface area (Å²) < 4.78 is 8.17. The topological polar surface area (TPSA) is 17.1 Å². The molecule has 0 aliphatic heterocycles. The summed E-state index contributed by atoms with van der Waals surface area (Å²) in [5, 5.41) is 0. The van der Waals surface area contributed by atoms with Gasteiger partial charge in [0.25, 0.3) is 0 Å². The van der Waals surface area contributed by atoms with Crippen LogP contribution in [-0.4, -0.2) is 65.1 Å². The molecule has 0 bridgehead atoms. The van der Waals surface area contributed by atoms with Crippen molar-refractivity contribution in [3.63, 3.8) is 0 Å². The van der Waals surface area contributed by atoms with Crippen molar-refractivity contribution in [1.29, 1.82) is 0 Å². The number of hydrogen-bond donors (Lipinski definition) is 0. The predicted molar refractivity (Wildman–Crippen MR) is 16.9 cm³/mol. The van der Waals surface area contributed by atoms with Crippen LogP contribution >= 0.6 is 0 Å². The van der Waals surface area contributed by atoms with Crippen molar-refractivity contribution >= 4 is 65.1 Å². The summed E-state index contributed by atoms with van der Waals surface area (Å²) in [6, 6.07) is 0. The Morgan fingerprint density at radius 1 is 1.50 bits per heavy atom. The Hall–Kier alpha value is 1.83. The van der Waals surface area contributed by atoms with Crippen molar-refractivity contribution in [3.8, 4) is 0 Å². The van der Waals surface area contributed by atoms with Gasteiger partial charge in [-0.05, 0) is 0 Å². The average Bonchev–Trinajstić information content (AvgIpc) is 1.00. The molecular formula is H3AlBaFO.